The van der Waals surface area contributed by atoms with E-state index in [0.717, 1.165) is 64.2 Å². The molecule has 0 aromatic carbocycles. The van der Waals surface area contributed by atoms with Gasteiger partial charge in [-0.05, 0) is 70.6 Å². The molecule has 0 aromatic heterocycles. The fraction of sp³-hybridized carbons (Fsp3) is 0.764. The zero-order valence-corrected chi connectivity index (χ0v) is 43.1. The van der Waals surface area contributed by atoms with Crippen molar-refractivity contribution in [2.24, 2.45) is 0 Å². The van der Waals surface area contributed by atoms with Crippen LogP contribution in [-0.2, 0) is 18.4 Å². The molecule has 0 rings (SSSR count). The van der Waals surface area contributed by atoms with Gasteiger partial charge in [0.15, 0.2) is 0 Å². The Morgan fingerprint density at radius 1 is 0.547 bits per heavy atom. The summed E-state index contributed by atoms with van der Waals surface area (Å²) in [5.41, 5.74) is 0. The van der Waals surface area contributed by atoms with Gasteiger partial charge in [0.05, 0.1) is 39.9 Å². The molecule has 1 amide bonds. The maximum atomic E-state index is 12.9. The van der Waals surface area contributed by atoms with Crippen LogP contribution in [0.3, 0.4) is 0 Å². The third-order valence-corrected chi connectivity index (χ3v) is 12.4. The van der Waals surface area contributed by atoms with E-state index >= 15 is 0 Å². The highest BCUT2D eigenvalue weighted by molar-refractivity contribution is 7.47. The summed E-state index contributed by atoms with van der Waals surface area (Å²) < 4.78 is 23.6. The molecule has 0 heterocycles. The van der Waals surface area contributed by atoms with Crippen LogP contribution in [0.5, 0.6) is 0 Å². The SMILES string of the molecule is CC/C=C\C/C=C\C/C=C\C/C=C\CCCCCCCCCCCCCCCCC(=O)NC(COP(=O)(O)OCC[N+](C)(C)C)C(O)/C=C/CC/C=C/CCCCCCCCCCC. The van der Waals surface area contributed by atoms with E-state index in [1.807, 2.05) is 27.2 Å². The van der Waals surface area contributed by atoms with Crippen molar-refractivity contribution in [2.75, 3.05) is 40.9 Å². The van der Waals surface area contributed by atoms with Crippen LogP contribution in [0, 0.1) is 0 Å². The highest BCUT2D eigenvalue weighted by Crippen LogP contribution is 2.43. The molecule has 0 saturated carbocycles. The van der Waals surface area contributed by atoms with Gasteiger partial charge < -0.3 is 19.8 Å². The first-order chi connectivity index (χ1) is 31.0. The molecule has 9 heteroatoms. The predicted octanol–water partition coefficient (Wildman–Crippen LogP) is 15.5. The van der Waals surface area contributed by atoms with Gasteiger partial charge in [0.1, 0.15) is 13.2 Å². The van der Waals surface area contributed by atoms with Gasteiger partial charge >= 0.3 is 7.82 Å². The fourth-order valence-corrected chi connectivity index (χ4v) is 8.02. The molecule has 0 aliphatic heterocycles. The number of aliphatic hydroxyl groups excluding tert-OH is 1. The Labute approximate surface area is 395 Å². The van der Waals surface area contributed by atoms with Crippen LogP contribution >= 0.6 is 7.82 Å². The first-order valence-corrected chi connectivity index (χ1v) is 27.8. The normalized spacial score (nSPS) is 14.7. The molecule has 0 fully saturated rings. The molecule has 0 bridgehead atoms. The Morgan fingerprint density at radius 2 is 0.953 bits per heavy atom. The summed E-state index contributed by atoms with van der Waals surface area (Å²) in [7, 11) is 1.55. The molecule has 0 saturated heterocycles. The minimum atomic E-state index is -4.35. The number of carbonyl (C=O) groups excluding carboxylic acids is 1. The van der Waals surface area contributed by atoms with E-state index < -0.39 is 20.0 Å². The van der Waals surface area contributed by atoms with E-state index in [2.05, 4.69) is 79.9 Å². The van der Waals surface area contributed by atoms with Crippen LogP contribution in [0.1, 0.15) is 219 Å². The van der Waals surface area contributed by atoms with Crippen LogP contribution in [-0.4, -0.2) is 73.4 Å². The second-order valence-corrected chi connectivity index (χ2v) is 20.3. The molecule has 8 nitrogen and oxygen atoms in total. The van der Waals surface area contributed by atoms with Gasteiger partial charge in [-0.3, -0.25) is 13.8 Å². The zero-order chi connectivity index (χ0) is 47.1. The van der Waals surface area contributed by atoms with E-state index in [1.54, 1.807) is 6.08 Å². The van der Waals surface area contributed by atoms with Crippen molar-refractivity contribution in [3.8, 4) is 0 Å². The Morgan fingerprint density at radius 3 is 1.44 bits per heavy atom. The van der Waals surface area contributed by atoms with Crippen molar-refractivity contribution in [2.45, 2.75) is 231 Å². The highest BCUT2D eigenvalue weighted by Gasteiger charge is 2.27. The zero-order valence-electron chi connectivity index (χ0n) is 42.3. The lowest BCUT2D eigenvalue weighted by Crippen LogP contribution is -2.45. The molecular formula is C55H102N2O6P+. The van der Waals surface area contributed by atoms with Gasteiger partial charge in [0.2, 0.25) is 5.91 Å². The van der Waals surface area contributed by atoms with Crippen molar-refractivity contribution in [3.05, 3.63) is 72.9 Å². The summed E-state index contributed by atoms with van der Waals surface area (Å²) >= 11 is 0. The van der Waals surface area contributed by atoms with Gasteiger partial charge in [-0.15, -0.1) is 0 Å². The first kappa shape index (κ1) is 61.9. The average molecular weight is 918 g/mol. The first-order valence-electron chi connectivity index (χ1n) is 26.3. The van der Waals surface area contributed by atoms with Gasteiger partial charge in [0, 0.05) is 6.42 Å². The van der Waals surface area contributed by atoms with Gasteiger partial charge in [-0.1, -0.05) is 215 Å². The largest absolute Gasteiger partial charge is 0.472 e. The quantitative estimate of drug-likeness (QED) is 0.0243. The number of amides is 1. The van der Waals surface area contributed by atoms with E-state index in [-0.39, 0.29) is 19.1 Å². The summed E-state index contributed by atoms with van der Waals surface area (Å²) in [6.45, 7) is 4.68. The standard InChI is InChI=1S/C55H101N2O6P/c1-6-8-10-12-14-16-18-20-22-23-24-25-26-27-28-29-30-31-32-33-35-37-39-41-43-45-47-49-55(59)56-53(52-63-64(60,61)62-51-50-57(3,4)5)54(58)48-46-44-42-40-38-36-34-21-19-17-15-13-11-9-7-2/h8,10,14,16,20,22,24-25,38,40,46,48,53-54,58H,6-7,9,11-13,15,17-19,21,23,26-37,39,41-45,47,49-52H2,1-5H3,(H-,56,59,60,61)/p+1/b10-8-,16-14-,22-20-,25-24-,40-38+,48-46+. The number of allylic oxidation sites excluding steroid dienone is 11. The fourth-order valence-electron chi connectivity index (χ4n) is 7.28. The third kappa shape index (κ3) is 47.9. The third-order valence-electron chi connectivity index (χ3n) is 11.4. The van der Waals surface area contributed by atoms with E-state index in [0.29, 0.717) is 17.4 Å². The second-order valence-electron chi connectivity index (χ2n) is 18.9. The van der Waals surface area contributed by atoms with Crippen LogP contribution in [0.25, 0.3) is 0 Å². The molecule has 372 valence electrons. The molecule has 3 atom stereocenters. The van der Waals surface area contributed by atoms with Gasteiger partial charge in [-0.2, -0.15) is 0 Å². The minimum Gasteiger partial charge on any atom is -0.387 e. The Bertz CT molecular complexity index is 1270. The number of nitrogens with zero attached hydrogens (tertiary/aromatic N) is 1. The maximum absolute atomic E-state index is 12.9. The monoisotopic (exact) mass is 918 g/mol. The molecule has 0 aliphatic rings. The summed E-state index contributed by atoms with van der Waals surface area (Å²) in [4.78, 5) is 23.2. The molecule has 0 radical (unpaired) electrons. The number of likely N-dealkylation sites (N-methyl/N-ethyl adjacent to an activating group) is 1. The van der Waals surface area contributed by atoms with Crippen LogP contribution in [0.4, 0.5) is 0 Å². The number of unbranched alkanes of at least 4 members (excludes halogenated alkanes) is 24. The van der Waals surface area contributed by atoms with E-state index in [9.17, 15) is 19.4 Å². The predicted molar refractivity (Wildman–Crippen MR) is 276 cm³/mol. The lowest BCUT2D eigenvalue weighted by atomic mass is 10.0. The maximum Gasteiger partial charge on any atom is 0.472 e. The number of hydrogen-bond donors (Lipinski definition) is 3. The van der Waals surface area contributed by atoms with Gasteiger partial charge in [-0.25, -0.2) is 4.57 Å². The number of nitrogens with one attached hydrogen (secondary N) is 1. The van der Waals surface area contributed by atoms with E-state index in [1.165, 1.54) is 135 Å². The molecular weight excluding hydrogens is 816 g/mol. The molecule has 0 aromatic rings. The lowest BCUT2D eigenvalue weighted by Gasteiger charge is -2.25. The van der Waals surface area contributed by atoms with E-state index in [4.69, 9.17) is 9.05 Å². The smallest absolute Gasteiger partial charge is 0.387 e. The minimum absolute atomic E-state index is 0.0539. The van der Waals surface area contributed by atoms with Crippen molar-refractivity contribution < 1.29 is 32.9 Å². The highest BCUT2D eigenvalue weighted by atomic mass is 31.2. The average Bonchev–Trinajstić information content (AvgIpc) is 3.25. The number of quaternary nitrogens is 1. The van der Waals surface area contributed by atoms with Crippen molar-refractivity contribution >= 4 is 13.7 Å². The molecule has 0 aliphatic carbocycles. The summed E-state index contributed by atoms with van der Waals surface area (Å²) in [5.74, 6) is -0.190. The van der Waals surface area contributed by atoms with Gasteiger partial charge in [0.25, 0.3) is 0 Å². The lowest BCUT2D eigenvalue weighted by molar-refractivity contribution is -0.870. The number of rotatable bonds is 47. The topological polar surface area (TPSA) is 105 Å². The second kappa shape index (κ2) is 46.1. The number of hydrogen-bond acceptors (Lipinski definition) is 5. The Balaban J connectivity index is 4.23. The molecule has 0 spiro atoms. The molecule has 64 heavy (non-hydrogen) atoms. The molecule has 3 unspecified atom stereocenters. The number of carbonyl (C=O) groups is 1. The van der Waals surface area contributed by atoms with Crippen molar-refractivity contribution in [3.63, 3.8) is 0 Å². The van der Waals surface area contributed by atoms with Crippen LogP contribution in [0.15, 0.2) is 72.9 Å². The Hall–Kier alpha value is -2.06. The number of phosphoric ester groups is 1. The molecule has 3 N–H and O–H groups in total. The van der Waals surface area contributed by atoms with Crippen molar-refractivity contribution in [1.29, 1.82) is 0 Å². The van der Waals surface area contributed by atoms with Crippen molar-refractivity contribution in [1.82, 2.24) is 5.32 Å². The van der Waals surface area contributed by atoms with Crippen LogP contribution in [0.2, 0.25) is 0 Å². The summed E-state index contributed by atoms with van der Waals surface area (Å²) in [6.07, 6.45) is 62.8. The number of aliphatic hydroxyl groups is 1. The summed E-state index contributed by atoms with van der Waals surface area (Å²) in [6, 6.07) is -0.866. The van der Waals surface area contributed by atoms with Crippen LogP contribution < -0.4 is 5.32 Å². The summed E-state index contributed by atoms with van der Waals surface area (Å²) in [5, 5.41) is 13.9. The Kier molecular flexibility index (Phi) is 44.6. The number of phosphoric acid groups is 1.